The van der Waals surface area contributed by atoms with Gasteiger partial charge < -0.3 is 4.74 Å². The third kappa shape index (κ3) is 3.62. The molecule has 1 heterocycles. The molecule has 1 aliphatic heterocycles. The Kier molecular flexibility index (Phi) is 5.21. The summed E-state index contributed by atoms with van der Waals surface area (Å²) in [6.07, 6.45) is 3.61. The normalized spacial score (nSPS) is 18.9. The molecule has 1 saturated heterocycles. The lowest BCUT2D eigenvalue weighted by molar-refractivity contribution is 0.164. The van der Waals surface area contributed by atoms with Crippen molar-refractivity contribution < 1.29 is 9.53 Å². The number of carbonyl (C=O) groups is 1. The van der Waals surface area contributed by atoms with Gasteiger partial charge >= 0.3 is 6.09 Å². The second-order valence-electron chi connectivity index (χ2n) is 5.83. The van der Waals surface area contributed by atoms with Gasteiger partial charge in [-0.25, -0.2) is 4.79 Å². The van der Waals surface area contributed by atoms with Crippen molar-refractivity contribution in [1.29, 1.82) is 0 Å². The van der Waals surface area contributed by atoms with Crippen LogP contribution in [0.5, 0.6) is 0 Å². The summed E-state index contributed by atoms with van der Waals surface area (Å²) in [7, 11) is 0. The van der Waals surface area contributed by atoms with E-state index in [1.807, 2.05) is 60.7 Å². The Labute approximate surface area is 147 Å². The van der Waals surface area contributed by atoms with Crippen LogP contribution in [0.1, 0.15) is 36.9 Å². The number of amides is 1. The minimum atomic E-state index is -0.286. The number of hydrogen-bond acceptors (Lipinski definition) is 2. The van der Waals surface area contributed by atoms with Gasteiger partial charge in [-0.05, 0) is 35.8 Å². The molecular formula is C20H20ClNO2. The summed E-state index contributed by atoms with van der Waals surface area (Å²) >= 11 is 6.01. The van der Waals surface area contributed by atoms with Crippen molar-refractivity contribution in [3.63, 3.8) is 0 Å². The van der Waals surface area contributed by atoms with Gasteiger partial charge in [-0.15, -0.1) is 0 Å². The van der Waals surface area contributed by atoms with Crippen LogP contribution in [0.15, 0.2) is 60.4 Å². The lowest BCUT2D eigenvalue weighted by atomic mass is 10.0. The van der Waals surface area contributed by atoms with Gasteiger partial charge in [-0.3, -0.25) is 4.90 Å². The number of halogens is 1. The predicted molar refractivity (Wildman–Crippen MR) is 96.7 cm³/mol. The van der Waals surface area contributed by atoms with Gasteiger partial charge in [0.05, 0.1) is 0 Å². The molecule has 2 aromatic carbocycles. The molecule has 1 atom stereocenters. The molecule has 2 aromatic rings. The first-order valence-corrected chi connectivity index (χ1v) is 8.57. The highest BCUT2D eigenvalue weighted by Crippen LogP contribution is 2.37. The average molecular weight is 342 g/mol. The summed E-state index contributed by atoms with van der Waals surface area (Å²) in [6.45, 7) is 2.79. The average Bonchev–Trinajstić information content (AvgIpc) is 2.90. The van der Waals surface area contributed by atoms with Crippen LogP contribution >= 0.6 is 11.6 Å². The lowest BCUT2D eigenvalue weighted by Crippen LogP contribution is -2.28. The number of carbonyl (C=O) groups excluding carboxylic acids is 1. The molecule has 0 N–H and O–H groups in total. The first-order chi connectivity index (χ1) is 11.7. The van der Waals surface area contributed by atoms with Gasteiger partial charge in [0.2, 0.25) is 0 Å². The first-order valence-electron chi connectivity index (χ1n) is 8.19. The van der Waals surface area contributed by atoms with Crippen LogP contribution in [0, 0.1) is 0 Å². The highest BCUT2D eigenvalue weighted by Gasteiger charge is 2.38. The van der Waals surface area contributed by atoms with Crippen molar-refractivity contribution in [3.05, 3.63) is 76.5 Å². The molecule has 24 heavy (non-hydrogen) atoms. The van der Waals surface area contributed by atoms with Crippen LogP contribution in [0.3, 0.4) is 0 Å². The molecule has 1 amide bonds. The Bertz CT molecular complexity index is 725. The number of rotatable bonds is 5. The van der Waals surface area contributed by atoms with Crippen LogP contribution < -0.4 is 0 Å². The molecule has 0 saturated carbocycles. The van der Waals surface area contributed by atoms with Gasteiger partial charge in [0.15, 0.2) is 0 Å². The Balaban J connectivity index is 1.98. The van der Waals surface area contributed by atoms with Gasteiger partial charge in [-0.1, -0.05) is 67.4 Å². The number of hydrogen-bond donors (Lipinski definition) is 0. The zero-order chi connectivity index (χ0) is 16.9. The van der Waals surface area contributed by atoms with E-state index in [2.05, 4.69) is 6.92 Å². The number of benzene rings is 2. The number of ether oxygens (including phenoxy) is 1. The van der Waals surface area contributed by atoms with E-state index in [0.29, 0.717) is 17.3 Å². The monoisotopic (exact) mass is 341 g/mol. The van der Waals surface area contributed by atoms with Crippen LogP contribution in [0.4, 0.5) is 4.79 Å². The molecular weight excluding hydrogens is 322 g/mol. The Morgan fingerprint density at radius 1 is 1.12 bits per heavy atom. The Hall–Kier alpha value is -2.26. The standard InChI is InChI=1S/C20H20ClNO2/c1-2-3-13-22-19(16-9-11-17(21)12-10-16)18(24-20(22)23)14-15-7-5-4-6-8-15/h4-12,14,19H,2-3,13H2,1H3/b18-14-. The summed E-state index contributed by atoms with van der Waals surface area (Å²) in [6, 6.07) is 17.3. The second kappa shape index (κ2) is 7.54. The Morgan fingerprint density at radius 3 is 2.50 bits per heavy atom. The van der Waals surface area contributed by atoms with Crippen molar-refractivity contribution in [1.82, 2.24) is 4.90 Å². The molecule has 4 heteroatoms. The van der Waals surface area contributed by atoms with E-state index < -0.39 is 0 Å². The topological polar surface area (TPSA) is 29.5 Å². The highest BCUT2D eigenvalue weighted by atomic mass is 35.5. The maximum absolute atomic E-state index is 12.4. The zero-order valence-corrected chi connectivity index (χ0v) is 14.4. The molecule has 0 aromatic heterocycles. The molecule has 0 radical (unpaired) electrons. The van der Waals surface area contributed by atoms with Gasteiger partial charge in [0, 0.05) is 11.6 Å². The summed E-state index contributed by atoms with van der Waals surface area (Å²) < 4.78 is 5.59. The molecule has 0 aliphatic carbocycles. The zero-order valence-electron chi connectivity index (χ0n) is 13.6. The summed E-state index contributed by atoms with van der Waals surface area (Å²) in [5.74, 6) is 0.657. The predicted octanol–water partition coefficient (Wildman–Crippen LogP) is 5.67. The lowest BCUT2D eigenvalue weighted by Gasteiger charge is -2.22. The summed E-state index contributed by atoms with van der Waals surface area (Å²) in [5.41, 5.74) is 2.01. The van der Waals surface area contributed by atoms with E-state index in [1.165, 1.54) is 0 Å². The van der Waals surface area contributed by atoms with E-state index in [-0.39, 0.29) is 12.1 Å². The maximum Gasteiger partial charge on any atom is 0.415 e. The van der Waals surface area contributed by atoms with Crippen molar-refractivity contribution >= 4 is 23.8 Å². The fraction of sp³-hybridized carbons (Fsp3) is 0.250. The van der Waals surface area contributed by atoms with Gasteiger partial charge in [0.25, 0.3) is 0 Å². The molecule has 0 bridgehead atoms. The smallest absolute Gasteiger partial charge is 0.412 e. The molecule has 3 rings (SSSR count). The van der Waals surface area contributed by atoms with Crippen molar-refractivity contribution in [2.75, 3.05) is 6.54 Å². The van der Waals surface area contributed by atoms with Crippen molar-refractivity contribution in [2.24, 2.45) is 0 Å². The molecule has 3 nitrogen and oxygen atoms in total. The molecule has 1 fully saturated rings. The highest BCUT2D eigenvalue weighted by molar-refractivity contribution is 6.30. The molecule has 1 unspecified atom stereocenters. The van der Waals surface area contributed by atoms with Crippen LogP contribution in [0.25, 0.3) is 6.08 Å². The van der Waals surface area contributed by atoms with Crippen molar-refractivity contribution in [3.8, 4) is 0 Å². The maximum atomic E-state index is 12.4. The quantitative estimate of drug-likeness (QED) is 0.700. The molecule has 0 spiro atoms. The van der Waals surface area contributed by atoms with Crippen LogP contribution in [0.2, 0.25) is 5.02 Å². The summed E-state index contributed by atoms with van der Waals surface area (Å²) in [4.78, 5) is 14.2. The third-order valence-electron chi connectivity index (χ3n) is 4.07. The fourth-order valence-corrected chi connectivity index (χ4v) is 2.96. The van der Waals surface area contributed by atoms with Gasteiger partial charge in [-0.2, -0.15) is 0 Å². The summed E-state index contributed by atoms with van der Waals surface area (Å²) in [5, 5.41) is 0.678. The van der Waals surface area contributed by atoms with E-state index >= 15 is 0 Å². The van der Waals surface area contributed by atoms with E-state index in [4.69, 9.17) is 16.3 Å². The number of cyclic esters (lactones) is 1. The first kappa shape index (κ1) is 16.6. The number of unbranched alkanes of at least 4 members (excludes halogenated alkanes) is 1. The fourth-order valence-electron chi connectivity index (χ4n) is 2.83. The SMILES string of the molecule is CCCCN1C(=O)O/C(=C\c2ccccc2)C1c1ccc(Cl)cc1. The van der Waals surface area contributed by atoms with Crippen molar-refractivity contribution in [2.45, 2.75) is 25.8 Å². The van der Waals surface area contributed by atoms with E-state index in [1.54, 1.807) is 4.90 Å². The van der Waals surface area contributed by atoms with Crippen LogP contribution in [-0.2, 0) is 4.74 Å². The molecule has 1 aliphatic rings. The number of nitrogens with zero attached hydrogens (tertiary/aromatic N) is 1. The third-order valence-corrected chi connectivity index (χ3v) is 4.32. The Morgan fingerprint density at radius 2 is 1.83 bits per heavy atom. The minimum absolute atomic E-state index is 0.207. The molecule has 124 valence electrons. The largest absolute Gasteiger partial charge is 0.415 e. The second-order valence-corrected chi connectivity index (χ2v) is 6.26. The van der Waals surface area contributed by atoms with E-state index in [0.717, 1.165) is 24.0 Å². The minimum Gasteiger partial charge on any atom is -0.412 e. The van der Waals surface area contributed by atoms with E-state index in [9.17, 15) is 4.79 Å². The van der Waals surface area contributed by atoms with Gasteiger partial charge in [0.1, 0.15) is 11.8 Å². The van der Waals surface area contributed by atoms with Crippen LogP contribution in [-0.4, -0.2) is 17.5 Å².